The van der Waals surface area contributed by atoms with Crippen LogP contribution >= 0.6 is 11.6 Å². The van der Waals surface area contributed by atoms with Crippen molar-refractivity contribution in [3.05, 3.63) is 23.5 Å². The van der Waals surface area contributed by atoms with Gasteiger partial charge in [-0.2, -0.15) is 0 Å². The molecule has 2 aliphatic rings. The van der Waals surface area contributed by atoms with Crippen molar-refractivity contribution in [1.29, 1.82) is 0 Å². The Labute approximate surface area is 147 Å². The minimum Gasteiger partial charge on any atom is -0.488 e. The van der Waals surface area contributed by atoms with Gasteiger partial charge >= 0.3 is 6.09 Å². The van der Waals surface area contributed by atoms with Gasteiger partial charge in [0.1, 0.15) is 22.6 Å². The second kappa shape index (κ2) is 6.76. The van der Waals surface area contributed by atoms with Crippen LogP contribution in [0.3, 0.4) is 0 Å². The number of piperidine rings is 1. The lowest BCUT2D eigenvalue weighted by atomic mass is 9.84. The molecule has 132 valence electrons. The van der Waals surface area contributed by atoms with Crippen molar-refractivity contribution in [2.45, 2.75) is 32.5 Å². The molecule has 2 bridgehead atoms. The smallest absolute Gasteiger partial charge is 0.410 e. The topological polar surface area (TPSA) is 60.9 Å². The molecule has 1 amide bonds. The molecule has 6 nitrogen and oxygen atoms in total. The van der Waals surface area contributed by atoms with E-state index in [0.29, 0.717) is 37.2 Å². The molecule has 0 saturated carbocycles. The second-order valence-corrected chi connectivity index (χ2v) is 7.73. The molecule has 2 fully saturated rings. The first-order valence-electron chi connectivity index (χ1n) is 8.16. The average Bonchev–Trinajstić information content (AvgIpc) is 2.47. The van der Waals surface area contributed by atoms with E-state index in [2.05, 4.69) is 4.98 Å². The molecule has 3 heterocycles. The number of halogens is 1. The van der Waals surface area contributed by atoms with Gasteiger partial charge in [0.25, 0.3) is 0 Å². The Bertz CT molecular complexity index is 573. The Hall–Kier alpha value is -1.53. The maximum Gasteiger partial charge on any atom is 0.410 e. The van der Waals surface area contributed by atoms with Crippen LogP contribution in [0.5, 0.6) is 5.75 Å². The van der Waals surface area contributed by atoms with Crippen molar-refractivity contribution < 1.29 is 19.0 Å². The summed E-state index contributed by atoms with van der Waals surface area (Å²) in [6, 6.07) is 3.52. The second-order valence-electron chi connectivity index (χ2n) is 7.34. The summed E-state index contributed by atoms with van der Waals surface area (Å²) in [5.41, 5.74) is -0.495. The lowest BCUT2D eigenvalue weighted by Crippen LogP contribution is -2.59. The lowest BCUT2D eigenvalue weighted by Gasteiger charge is -2.46. The van der Waals surface area contributed by atoms with E-state index < -0.39 is 5.60 Å². The number of pyridine rings is 1. The van der Waals surface area contributed by atoms with Crippen LogP contribution in [-0.2, 0) is 9.47 Å². The highest BCUT2D eigenvalue weighted by Crippen LogP contribution is 2.32. The molecule has 0 aliphatic carbocycles. The fraction of sp³-hybridized carbons (Fsp3) is 0.647. The van der Waals surface area contributed by atoms with Gasteiger partial charge in [-0.05, 0) is 32.9 Å². The van der Waals surface area contributed by atoms with E-state index in [1.165, 1.54) is 0 Å². The zero-order chi connectivity index (χ0) is 17.3. The number of carbonyl (C=O) groups excluding carboxylic acids is 1. The molecule has 0 radical (unpaired) electrons. The van der Waals surface area contributed by atoms with E-state index >= 15 is 0 Å². The first-order chi connectivity index (χ1) is 11.3. The lowest BCUT2D eigenvalue weighted by molar-refractivity contribution is -0.112. The van der Waals surface area contributed by atoms with Crippen molar-refractivity contribution in [2.75, 3.05) is 26.3 Å². The van der Waals surface area contributed by atoms with Crippen LogP contribution in [0.4, 0.5) is 4.79 Å². The van der Waals surface area contributed by atoms with E-state index in [1.807, 2.05) is 26.8 Å². The van der Waals surface area contributed by atoms with Crippen LogP contribution in [0, 0.1) is 11.8 Å². The average molecular weight is 355 g/mol. The van der Waals surface area contributed by atoms with Crippen LogP contribution in [0.25, 0.3) is 0 Å². The van der Waals surface area contributed by atoms with Gasteiger partial charge in [-0.1, -0.05) is 11.6 Å². The number of hydrogen-bond donors (Lipinski definition) is 0. The molecular formula is C17H23ClN2O4. The maximum absolute atomic E-state index is 12.3. The van der Waals surface area contributed by atoms with Gasteiger partial charge in [0.2, 0.25) is 0 Å². The highest BCUT2D eigenvalue weighted by atomic mass is 35.5. The van der Waals surface area contributed by atoms with Gasteiger partial charge in [-0.15, -0.1) is 0 Å². The fourth-order valence-corrected chi connectivity index (χ4v) is 3.27. The number of nitrogens with zero attached hydrogens (tertiary/aromatic N) is 2. The summed E-state index contributed by atoms with van der Waals surface area (Å²) in [6.45, 7) is 7.89. The number of likely N-dealkylation sites (tertiary alicyclic amines) is 1. The van der Waals surface area contributed by atoms with Gasteiger partial charge in [-0.3, -0.25) is 0 Å². The Kier molecular flexibility index (Phi) is 4.88. The SMILES string of the molecule is CC(C)(C)OC(=O)N1CC2COCC(C1)C2Oc1ccc(Cl)nc1. The third-order valence-electron chi connectivity index (χ3n) is 4.13. The Morgan fingerprint density at radius 1 is 1.29 bits per heavy atom. The van der Waals surface area contributed by atoms with Crippen LogP contribution in [0.15, 0.2) is 18.3 Å². The molecule has 2 atom stereocenters. The molecule has 0 aromatic carbocycles. The number of aromatic nitrogens is 1. The molecule has 1 aromatic rings. The van der Waals surface area contributed by atoms with E-state index in [9.17, 15) is 4.79 Å². The van der Waals surface area contributed by atoms with Crippen molar-refractivity contribution in [3.63, 3.8) is 0 Å². The summed E-state index contributed by atoms with van der Waals surface area (Å²) < 4.78 is 17.3. The van der Waals surface area contributed by atoms with Gasteiger partial charge in [-0.25, -0.2) is 9.78 Å². The zero-order valence-electron chi connectivity index (χ0n) is 14.2. The summed E-state index contributed by atoms with van der Waals surface area (Å²) in [5, 5.41) is 0.436. The zero-order valence-corrected chi connectivity index (χ0v) is 15.0. The molecule has 2 saturated heterocycles. The molecule has 3 rings (SSSR count). The number of carbonyl (C=O) groups is 1. The predicted octanol–water partition coefficient (Wildman–Crippen LogP) is 3.00. The molecule has 0 N–H and O–H groups in total. The Morgan fingerprint density at radius 3 is 2.50 bits per heavy atom. The van der Waals surface area contributed by atoms with Crippen molar-refractivity contribution in [2.24, 2.45) is 11.8 Å². The first kappa shape index (κ1) is 17.3. The minimum atomic E-state index is -0.495. The van der Waals surface area contributed by atoms with E-state index in [-0.39, 0.29) is 24.0 Å². The van der Waals surface area contributed by atoms with Crippen molar-refractivity contribution >= 4 is 17.7 Å². The van der Waals surface area contributed by atoms with Gasteiger partial charge < -0.3 is 19.1 Å². The minimum absolute atomic E-state index is 0.000382. The van der Waals surface area contributed by atoms with Crippen LogP contribution in [-0.4, -0.2) is 54.0 Å². The van der Waals surface area contributed by atoms with Crippen LogP contribution < -0.4 is 4.74 Å². The highest BCUT2D eigenvalue weighted by molar-refractivity contribution is 6.29. The number of rotatable bonds is 2. The standard InChI is InChI=1S/C17H23ClN2O4/c1-17(2,3)24-16(21)20-7-11-9-22-10-12(8-20)15(11)23-13-4-5-14(18)19-6-13/h4-6,11-12,15H,7-10H2,1-3H3. The third kappa shape index (κ3) is 4.11. The van der Waals surface area contributed by atoms with E-state index in [0.717, 1.165) is 0 Å². The molecule has 0 spiro atoms. The monoisotopic (exact) mass is 354 g/mol. The van der Waals surface area contributed by atoms with E-state index in [4.69, 9.17) is 25.8 Å². The Balaban J connectivity index is 1.67. The number of hydrogen-bond acceptors (Lipinski definition) is 5. The summed E-state index contributed by atoms with van der Waals surface area (Å²) in [6.07, 6.45) is 1.35. The molecular weight excluding hydrogens is 332 g/mol. The number of ether oxygens (including phenoxy) is 3. The summed E-state index contributed by atoms with van der Waals surface area (Å²) in [5.74, 6) is 0.911. The fourth-order valence-electron chi connectivity index (χ4n) is 3.16. The molecule has 1 aromatic heterocycles. The van der Waals surface area contributed by atoms with Crippen molar-refractivity contribution in [1.82, 2.24) is 9.88 Å². The predicted molar refractivity (Wildman–Crippen MR) is 89.3 cm³/mol. The molecule has 2 unspecified atom stereocenters. The van der Waals surface area contributed by atoms with Crippen LogP contribution in [0.2, 0.25) is 5.15 Å². The normalized spacial score (nSPS) is 26.8. The number of fused-ring (bicyclic) bond motifs is 2. The molecule has 2 aliphatic heterocycles. The van der Waals surface area contributed by atoms with Crippen molar-refractivity contribution in [3.8, 4) is 5.75 Å². The maximum atomic E-state index is 12.3. The quantitative estimate of drug-likeness (QED) is 0.764. The summed E-state index contributed by atoms with van der Waals surface area (Å²) in [4.78, 5) is 18.2. The van der Waals surface area contributed by atoms with Gasteiger partial charge in [0.05, 0.1) is 19.4 Å². The Morgan fingerprint density at radius 2 is 1.96 bits per heavy atom. The molecule has 24 heavy (non-hydrogen) atoms. The summed E-state index contributed by atoms with van der Waals surface area (Å²) >= 11 is 5.81. The van der Waals surface area contributed by atoms with Crippen LogP contribution in [0.1, 0.15) is 20.8 Å². The largest absolute Gasteiger partial charge is 0.488 e. The van der Waals surface area contributed by atoms with Gasteiger partial charge in [0.15, 0.2) is 0 Å². The van der Waals surface area contributed by atoms with E-state index in [1.54, 1.807) is 17.2 Å². The highest BCUT2D eigenvalue weighted by Gasteiger charge is 2.44. The van der Waals surface area contributed by atoms with Gasteiger partial charge in [0, 0.05) is 24.9 Å². The first-order valence-corrected chi connectivity index (χ1v) is 8.53. The number of amides is 1. The molecule has 7 heteroatoms. The summed E-state index contributed by atoms with van der Waals surface area (Å²) in [7, 11) is 0. The third-order valence-corrected chi connectivity index (χ3v) is 4.35.